The maximum atomic E-state index is 5.79. The molecule has 0 bridgehead atoms. The van der Waals surface area contributed by atoms with Crippen LogP contribution in [-0.4, -0.2) is 22.8 Å². The lowest BCUT2D eigenvalue weighted by Crippen LogP contribution is -2.09. The highest BCUT2D eigenvalue weighted by molar-refractivity contribution is 7.98. The standard InChI is InChI=1S/C15H18N2OS2/c1-4-7-18-13-12-10-6-5-9(2)8-11(10)20-14(12)17-15(16-13)19-3/h4,9H,1,5-8H2,2-3H3/t9-/m0/s1. The van der Waals surface area contributed by atoms with Crippen molar-refractivity contribution in [2.45, 2.75) is 31.3 Å². The van der Waals surface area contributed by atoms with Gasteiger partial charge in [-0.15, -0.1) is 11.3 Å². The van der Waals surface area contributed by atoms with E-state index in [9.17, 15) is 0 Å². The molecule has 2 heterocycles. The molecule has 106 valence electrons. The number of rotatable bonds is 4. The van der Waals surface area contributed by atoms with Crippen molar-refractivity contribution in [2.75, 3.05) is 12.9 Å². The summed E-state index contributed by atoms with van der Waals surface area (Å²) in [5.41, 5.74) is 1.41. The number of nitrogens with zero attached hydrogens (tertiary/aromatic N) is 2. The van der Waals surface area contributed by atoms with Gasteiger partial charge in [-0.25, -0.2) is 4.98 Å². The lowest BCUT2D eigenvalue weighted by Gasteiger charge is -2.18. The van der Waals surface area contributed by atoms with Crippen molar-refractivity contribution in [3.63, 3.8) is 0 Å². The molecule has 1 aliphatic carbocycles. The minimum atomic E-state index is 0.487. The van der Waals surface area contributed by atoms with Gasteiger partial charge in [-0.1, -0.05) is 31.3 Å². The van der Waals surface area contributed by atoms with Crippen LogP contribution in [0.5, 0.6) is 5.88 Å². The summed E-state index contributed by atoms with van der Waals surface area (Å²) in [6, 6.07) is 0. The van der Waals surface area contributed by atoms with E-state index in [4.69, 9.17) is 4.74 Å². The lowest BCUT2D eigenvalue weighted by atomic mass is 9.89. The van der Waals surface area contributed by atoms with E-state index < -0.39 is 0 Å². The van der Waals surface area contributed by atoms with Crippen LogP contribution in [0.15, 0.2) is 17.8 Å². The minimum absolute atomic E-state index is 0.487. The molecule has 0 saturated heterocycles. The number of hydrogen-bond acceptors (Lipinski definition) is 5. The molecule has 0 N–H and O–H groups in total. The zero-order valence-electron chi connectivity index (χ0n) is 11.8. The van der Waals surface area contributed by atoms with Crippen molar-refractivity contribution < 1.29 is 4.74 Å². The van der Waals surface area contributed by atoms with Crippen LogP contribution in [0.2, 0.25) is 0 Å². The van der Waals surface area contributed by atoms with Crippen LogP contribution in [-0.2, 0) is 12.8 Å². The Bertz CT molecular complexity index is 651. The number of aromatic nitrogens is 2. The summed E-state index contributed by atoms with van der Waals surface area (Å²) in [6.07, 6.45) is 7.26. The van der Waals surface area contributed by atoms with E-state index in [1.807, 2.05) is 17.6 Å². The van der Waals surface area contributed by atoms with Gasteiger partial charge in [0.05, 0.1) is 5.39 Å². The molecular formula is C15H18N2OS2. The molecule has 2 aromatic rings. The molecule has 3 nitrogen and oxygen atoms in total. The van der Waals surface area contributed by atoms with Crippen LogP contribution >= 0.6 is 23.1 Å². The van der Waals surface area contributed by atoms with Crippen molar-refractivity contribution in [1.29, 1.82) is 0 Å². The first-order valence-corrected chi connectivity index (χ1v) is 8.87. The fourth-order valence-electron chi connectivity index (χ4n) is 2.62. The van der Waals surface area contributed by atoms with Crippen LogP contribution in [0.3, 0.4) is 0 Å². The second-order valence-electron chi connectivity index (χ2n) is 5.15. The van der Waals surface area contributed by atoms with E-state index in [0.29, 0.717) is 6.61 Å². The average molecular weight is 306 g/mol. The second-order valence-corrected chi connectivity index (χ2v) is 7.00. The number of fused-ring (bicyclic) bond motifs is 3. The van der Waals surface area contributed by atoms with E-state index in [1.165, 1.54) is 16.9 Å². The Morgan fingerprint density at radius 2 is 2.35 bits per heavy atom. The first kappa shape index (κ1) is 13.9. The monoisotopic (exact) mass is 306 g/mol. The SMILES string of the molecule is C=CCOc1nc(SC)nc2sc3c(c12)CC[C@H](C)C3. The Hall–Kier alpha value is -1.07. The zero-order chi connectivity index (χ0) is 14.1. The van der Waals surface area contributed by atoms with Crippen LogP contribution in [0, 0.1) is 5.92 Å². The van der Waals surface area contributed by atoms with Crippen molar-refractivity contribution in [1.82, 2.24) is 9.97 Å². The van der Waals surface area contributed by atoms with Gasteiger partial charge in [0, 0.05) is 4.88 Å². The molecule has 2 aromatic heterocycles. The second kappa shape index (κ2) is 5.74. The van der Waals surface area contributed by atoms with Gasteiger partial charge in [-0.3, -0.25) is 0 Å². The number of thiophene rings is 1. The highest BCUT2D eigenvalue weighted by Crippen LogP contribution is 2.41. The third-order valence-corrected chi connectivity index (χ3v) is 5.32. The number of hydrogen-bond donors (Lipinski definition) is 0. The molecule has 1 aliphatic rings. The first-order chi connectivity index (χ1) is 9.72. The summed E-state index contributed by atoms with van der Waals surface area (Å²) in [6.45, 7) is 6.52. The molecule has 20 heavy (non-hydrogen) atoms. The molecule has 0 amide bonds. The third kappa shape index (κ3) is 2.44. The summed E-state index contributed by atoms with van der Waals surface area (Å²) in [7, 11) is 0. The normalized spacial score (nSPS) is 18.0. The number of aryl methyl sites for hydroxylation is 1. The molecule has 0 fully saturated rings. The van der Waals surface area contributed by atoms with Crippen LogP contribution in [0.1, 0.15) is 23.8 Å². The molecule has 1 atom stereocenters. The van der Waals surface area contributed by atoms with Crippen molar-refractivity contribution in [3.05, 3.63) is 23.1 Å². The predicted molar refractivity (Wildman–Crippen MR) is 86.1 cm³/mol. The topological polar surface area (TPSA) is 35.0 Å². The molecule has 5 heteroatoms. The number of thioether (sulfide) groups is 1. The molecule has 0 saturated carbocycles. The van der Waals surface area contributed by atoms with Gasteiger partial charge in [-0.2, -0.15) is 4.98 Å². The van der Waals surface area contributed by atoms with Crippen molar-refractivity contribution in [2.24, 2.45) is 5.92 Å². The van der Waals surface area contributed by atoms with E-state index in [-0.39, 0.29) is 0 Å². The van der Waals surface area contributed by atoms with Crippen molar-refractivity contribution >= 4 is 33.3 Å². The van der Waals surface area contributed by atoms with Crippen LogP contribution in [0.4, 0.5) is 0 Å². The van der Waals surface area contributed by atoms with Gasteiger partial charge in [0.25, 0.3) is 0 Å². The lowest BCUT2D eigenvalue weighted by molar-refractivity contribution is 0.349. The highest BCUT2D eigenvalue weighted by atomic mass is 32.2. The van der Waals surface area contributed by atoms with E-state index in [0.717, 1.165) is 40.0 Å². The van der Waals surface area contributed by atoms with Gasteiger partial charge >= 0.3 is 0 Å². The highest BCUT2D eigenvalue weighted by Gasteiger charge is 2.24. The Morgan fingerprint density at radius 3 is 3.10 bits per heavy atom. The molecule has 0 aliphatic heterocycles. The van der Waals surface area contributed by atoms with E-state index in [1.54, 1.807) is 17.8 Å². The van der Waals surface area contributed by atoms with Crippen molar-refractivity contribution in [3.8, 4) is 5.88 Å². The van der Waals surface area contributed by atoms with Gasteiger partial charge < -0.3 is 4.74 Å². The molecule has 0 radical (unpaired) electrons. The Morgan fingerprint density at radius 1 is 1.50 bits per heavy atom. The summed E-state index contributed by atoms with van der Waals surface area (Å²) in [5, 5.41) is 1.92. The molecule has 0 spiro atoms. The van der Waals surface area contributed by atoms with Gasteiger partial charge in [0.2, 0.25) is 5.88 Å². The minimum Gasteiger partial charge on any atom is -0.473 e. The smallest absolute Gasteiger partial charge is 0.226 e. The summed E-state index contributed by atoms with van der Waals surface area (Å²) < 4.78 is 5.79. The van der Waals surface area contributed by atoms with Gasteiger partial charge in [-0.05, 0) is 37.0 Å². The first-order valence-electron chi connectivity index (χ1n) is 6.83. The fourth-order valence-corrected chi connectivity index (χ4v) is 4.41. The zero-order valence-corrected chi connectivity index (χ0v) is 13.4. The van der Waals surface area contributed by atoms with Crippen LogP contribution in [0.25, 0.3) is 10.2 Å². The Balaban J connectivity index is 2.16. The van der Waals surface area contributed by atoms with Gasteiger partial charge in [0.1, 0.15) is 11.4 Å². The summed E-state index contributed by atoms with van der Waals surface area (Å²) >= 11 is 3.37. The summed E-state index contributed by atoms with van der Waals surface area (Å²) in [4.78, 5) is 11.7. The quantitative estimate of drug-likeness (QED) is 0.484. The van der Waals surface area contributed by atoms with Crippen LogP contribution < -0.4 is 4.74 Å². The van der Waals surface area contributed by atoms with E-state index in [2.05, 4.69) is 23.5 Å². The Kier molecular flexibility index (Phi) is 3.98. The van der Waals surface area contributed by atoms with Gasteiger partial charge in [0.15, 0.2) is 5.16 Å². The van der Waals surface area contributed by atoms with E-state index >= 15 is 0 Å². The summed E-state index contributed by atoms with van der Waals surface area (Å²) in [5.74, 6) is 1.49. The number of ether oxygens (including phenoxy) is 1. The average Bonchev–Trinajstić information content (AvgIpc) is 2.81. The molecule has 0 aromatic carbocycles. The molecule has 3 rings (SSSR count). The molecule has 0 unspecified atom stereocenters. The largest absolute Gasteiger partial charge is 0.473 e. The molecular weight excluding hydrogens is 288 g/mol. The maximum absolute atomic E-state index is 5.79. The predicted octanol–water partition coefficient (Wildman–Crippen LogP) is 4.10. The maximum Gasteiger partial charge on any atom is 0.226 e. The fraction of sp³-hybridized carbons (Fsp3) is 0.467. The Labute approximate surface area is 127 Å². The third-order valence-electron chi connectivity index (χ3n) is 3.62.